The molecule has 6 heteroatoms. The zero-order valence-corrected chi connectivity index (χ0v) is 15.5. The van der Waals surface area contributed by atoms with Gasteiger partial charge in [-0.05, 0) is 43.8 Å². The number of nitrogens with zero attached hydrogens (tertiary/aromatic N) is 1. The van der Waals surface area contributed by atoms with E-state index in [4.69, 9.17) is 4.74 Å². The van der Waals surface area contributed by atoms with Crippen LogP contribution in [-0.2, 0) is 25.7 Å². The maximum Gasteiger partial charge on any atom is 0.319 e. The highest BCUT2D eigenvalue weighted by atomic mass is 32.2. The maximum absolute atomic E-state index is 13.2. The summed E-state index contributed by atoms with van der Waals surface area (Å²) in [6.07, 6.45) is 3.96. The van der Waals surface area contributed by atoms with E-state index < -0.39 is 16.2 Å². The molecule has 25 heavy (non-hydrogen) atoms. The van der Waals surface area contributed by atoms with E-state index in [-0.39, 0.29) is 18.7 Å². The van der Waals surface area contributed by atoms with Crippen LogP contribution in [0.4, 0.5) is 0 Å². The van der Waals surface area contributed by atoms with Crippen LogP contribution in [0.25, 0.3) is 0 Å². The fraction of sp³-hybridized carbons (Fsp3) is 0.632. The Morgan fingerprint density at radius 2 is 2.00 bits per heavy atom. The van der Waals surface area contributed by atoms with Crippen molar-refractivity contribution in [3.8, 4) is 0 Å². The van der Waals surface area contributed by atoms with Crippen molar-refractivity contribution < 1.29 is 18.8 Å². The third-order valence-electron chi connectivity index (χ3n) is 5.66. The van der Waals surface area contributed by atoms with E-state index in [2.05, 4.69) is 4.90 Å². The molecule has 3 aliphatic rings. The van der Waals surface area contributed by atoms with Crippen molar-refractivity contribution in [3.05, 3.63) is 35.9 Å². The smallest absolute Gasteiger partial charge is 0.319 e. The number of hydrogen-bond acceptors (Lipinski definition) is 5. The topological polar surface area (TPSA) is 66.8 Å². The zero-order valence-electron chi connectivity index (χ0n) is 14.7. The summed E-state index contributed by atoms with van der Waals surface area (Å²) in [4.78, 5) is 15.5. The van der Waals surface area contributed by atoms with Crippen molar-refractivity contribution in [3.63, 3.8) is 0 Å². The van der Waals surface area contributed by atoms with E-state index in [1.807, 2.05) is 30.3 Å². The predicted molar refractivity (Wildman–Crippen MR) is 97.8 cm³/mol. The lowest BCUT2D eigenvalue weighted by Gasteiger charge is -2.45. The molecule has 1 unspecified atom stereocenters. The standard InChI is InChI=1S/C19H27NO4S/c1-25(23)12-9-19(14-21,16-5-3-2-4-6-16)18(22)24-17-13-20-10-7-15(17)8-11-20/h2-6,15,17,21H,7-14H2,1H3/t17-,19-,25?/m0/s1. The van der Waals surface area contributed by atoms with Gasteiger partial charge in [-0.2, -0.15) is 0 Å². The SMILES string of the molecule is CS(=O)CC[C@@](CO)(C(=O)O[C@H]1CN2CCC1CC2)c1ccccc1. The van der Waals surface area contributed by atoms with Gasteiger partial charge in [0.25, 0.3) is 0 Å². The molecular weight excluding hydrogens is 338 g/mol. The van der Waals surface area contributed by atoms with E-state index in [0.29, 0.717) is 18.1 Å². The molecule has 0 radical (unpaired) electrons. The van der Waals surface area contributed by atoms with Gasteiger partial charge in [0.15, 0.2) is 0 Å². The summed E-state index contributed by atoms with van der Waals surface area (Å²) in [5.74, 6) is 0.386. The Kier molecular flexibility index (Phi) is 5.92. The highest BCUT2D eigenvalue weighted by molar-refractivity contribution is 7.84. The minimum Gasteiger partial charge on any atom is -0.460 e. The Labute approximate surface area is 151 Å². The van der Waals surface area contributed by atoms with Crippen molar-refractivity contribution >= 4 is 16.8 Å². The average Bonchev–Trinajstić information content (AvgIpc) is 2.64. The lowest BCUT2D eigenvalue weighted by Crippen LogP contribution is -2.54. The van der Waals surface area contributed by atoms with Crippen molar-refractivity contribution in [2.24, 2.45) is 5.92 Å². The second-order valence-corrected chi connectivity index (χ2v) is 8.77. The van der Waals surface area contributed by atoms with Crippen molar-refractivity contribution in [1.29, 1.82) is 0 Å². The number of hydrogen-bond donors (Lipinski definition) is 1. The summed E-state index contributed by atoms with van der Waals surface area (Å²) in [5, 5.41) is 10.2. The van der Waals surface area contributed by atoms with Crippen LogP contribution in [0.3, 0.4) is 0 Å². The molecule has 0 saturated carbocycles. The Morgan fingerprint density at radius 1 is 1.32 bits per heavy atom. The van der Waals surface area contributed by atoms with E-state index in [9.17, 15) is 14.1 Å². The van der Waals surface area contributed by atoms with Crippen molar-refractivity contribution in [2.45, 2.75) is 30.8 Å². The van der Waals surface area contributed by atoms with E-state index in [1.54, 1.807) is 6.26 Å². The quantitative estimate of drug-likeness (QED) is 0.739. The Bertz CT molecular complexity index is 615. The first-order valence-electron chi connectivity index (χ1n) is 8.95. The zero-order chi connectivity index (χ0) is 17.9. The molecule has 0 spiro atoms. The largest absolute Gasteiger partial charge is 0.460 e. The summed E-state index contributed by atoms with van der Waals surface area (Å²) >= 11 is 0. The minimum atomic E-state index is -1.14. The van der Waals surface area contributed by atoms with Gasteiger partial charge in [-0.15, -0.1) is 0 Å². The Hall–Kier alpha value is -1.24. The van der Waals surface area contributed by atoms with Gasteiger partial charge in [0.1, 0.15) is 11.5 Å². The second-order valence-electron chi connectivity index (χ2n) is 7.22. The average molecular weight is 365 g/mol. The van der Waals surface area contributed by atoms with Crippen molar-refractivity contribution in [2.75, 3.05) is 38.2 Å². The van der Waals surface area contributed by atoms with Gasteiger partial charge in [0, 0.05) is 29.4 Å². The molecule has 0 aliphatic carbocycles. The number of fused-ring (bicyclic) bond motifs is 3. The highest BCUT2D eigenvalue weighted by Gasteiger charge is 2.45. The minimum absolute atomic E-state index is 0.100. The number of carbonyl (C=O) groups is 1. The number of esters is 1. The fourth-order valence-corrected chi connectivity index (χ4v) is 4.60. The van der Waals surface area contributed by atoms with E-state index in [1.165, 1.54) is 0 Å². The molecule has 3 saturated heterocycles. The maximum atomic E-state index is 13.2. The fourth-order valence-electron chi connectivity index (χ4n) is 3.97. The molecule has 4 rings (SSSR count). The van der Waals surface area contributed by atoms with E-state index >= 15 is 0 Å². The molecule has 3 fully saturated rings. The van der Waals surface area contributed by atoms with Crippen molar-refractivity contribution in [1.82, 2.24) is 4.90 Å². The molecule has 138 valence electrons. The first-order valence-corrected chi connectivity index (χ1v) is 10.7. The highest BCUT2D eigenvalue weighted by Crippen LogP contribution is 2.34. The molecular formula is C19H27NO4S. The molecule has 2 bridgehead atoms. The number of aliphatic hydroxyl groups is 1. The van der Waals surface area contributed by atoms with Crippen LogP contribution in [0, 0.1) is 5.92 Å². The van der Waals surface area contributed by atoms with Gasteiger partial charge in [0.2, 0.25) is 0 Å². The monoisotopic (exact) mass is 365 g/mol. The van der Waals surface area contributed by atoms with Gasteiger partial charge < -0.3 is 9.84 Å². The van der Waals surface area contributed by atoms with Crippen LogP contribution < -0.4 is 0 Å². The number of ether oxygens (including phenoxy) is 1. The molecule has 3 atom stereocenters. The van der Waals surface area contributed by atoms with Gasteiger partial charge >= 0.3 is 5.97 Å². The van der Waals surface area contributed by atoms with E-state index in [0.717, 1.165) is 38.0 Å². The van der Waals surface area contributed by atoms with Gasteiger partial charge in [-0.1, -0.05) is 30.3 Å². The predicted octanol–water partition coefficient (Wildman–Crippen LogP) is 1.32. The summed E-state index contributed by atoms with van der Waals surface area (Å²) in [6, 6.07) is 9.26. The molecule has 1 aromatic rings. The van der Waals surface area contributed by atoms with Crippen LogP contribution in [0.1, 0.15) is 24.8 Å². The summed E-state index contributed by atoms with van der Waals surface area (Å²) in [5.41, 5.74) is -0.409. The molecule has 0 aromatic heterocycles. The van der Waals surface area contributed by atoms with Gasteiger partial charge in [-0.3, -0.25) is 13.9 Å². The van der Waals surface area contributed by atoms with Crippen LogP contribution in [-0.4, -0.2) is 64.5 Å². The number of benzene rings is 1. The normalized spacial score (nSPS) is 29.0. The first kappa shape index (κ1) is 18.5. The molecule has 0 amide bonds. The number of carbonyl (C=O) groups excluding carboxylic acids is 1. The van der Waals surface area contributed by atoms with Gasteiger partial charge in [0.05, 0.1) is 6.61 Å². The molecule has 3 aliphatic heterocycles. The lowest BCUT2D eigenvalue weighted by atomic mass is 9.78. The summed E-state index contributed by atoms with van der Waals surface area (Å²) in [7, 11) is -1.04. The third kappa shape index (κ3) is 3.96. The number of aliphatic hydroxyl groups excluding tert-OH is 1. The summed E-state index contributed by atoms with van der Waals surface area (Å²) < 4.78 is 17.6. The van der Waals surface area contributed by atoms with Crippen LogP contribution in [0.15, 0.2) is 30.3 Å². The first-order chi connectivity index (χ1) is 12.0. The van der Waals surface area contributed by atoms with Crippen LogP contribution in [0.5, 0.6) is 0 Å². The third-order valence-corrected chi connectivity index (χ3v) is 6.44. The van der Waals surface area contributed by atoms with Crippen LogP contribution >= 0.6 is 0 Å². The Balaban J connectivity index is 1.82. The number of piperidine rings is 3. The Morgan fingerprint density at radius 3 is 2.52 bits per heavy atom. The number of rotatable bonds is 7. The molecule has 1 aromatic carbocycles. The van der Waals surface area contributed by atoms with Crippen LogP contribution in [0.2, 0.25) is 0 Å². The lowest BCUT2D eigenvalue weighted by molar-refractivity contribution is -0.167. The second kappa shape index (κ2) is 7.98. The molecule has 1 N–H and O–H groups in total. The van der Waals surface area contributed by atoms with Gasteiger partial charge in [-0.25, -0.2) is 0 Å². The molecule has 5 nitrogen and oxygen atoms in total. The molecule has 3 heterocycles. The summed E-state index contributed by atoms with van der Waals surface area (Å²) in [6.45, 7) is 2.61.